The SMILES string of the molecule is CCc1ccc(Nc2ncnc(C)c2CC)cc1. The molecule has 0 saturated heterocycles. The molecule has 3 nitrogen and oxygen atoms in total. The lowest BCUT2D eigenvalue weighted by molar-refractivity contribution is 0.999. The zero-order valence-electron chi connectivity index (χ0n) is 11.2. The van der Waals surface area contributed by atoms with E-state index in [1.807, 2.05) is 6.92 Å². The molecule has 1 aromatic carbocycles. The minimum Gasteiger partial charge on any atom is -0.340 e. The number of nitrogens with one attached hydrogen (secondary N) is 1. The highest BCUT2D eigenvalue weighted by molar-refractivity contribution is 5.60. The first-order valence-corrected chi connectivity index (χ1v) is 6.41. The number of aryl methyl sites for hydroxylation is 2. The molecule has 3 heteroatoms. The second-order valence-corrected chi connectivity index (χ2v) is 4.32. The van der Waals surface area contributed by atoms with Crippen molar-refractivity contribution in [2.45, 2.75) is 33.6 Å². The molecule has 0 amide bonds. The highest BCUT2D eigenvalue weighted by atomic mass is 15.0. The van der Waals surface area contributed by atoms with Gasteiger partial charge in [-0.2, -0.15) is 0 Å². The van der Waals surface area contributed by atoms with Gasteiger partial charge >= 0.3 is 0 Å². The van der Waals surface area contributed by atoms with Crippen LogP contribution in [0.1, 0.15) is 30.7 Å². The topological polar surface area (TPSA) is 37.8 Å². The number of rotatable bonds is 4. The normalized spacial score (nSPS) is 10.4. The van der Waals surface area contributed by atoms with Crippen LogP contribution in [0.5, 0.6) is 0 Å². The number of hydrogen-bond acceptors (Lipinski definition) is 3. The molecule has 0 aliphatic heterocycles. The van der Waals surface area contributed by atoms with Crippen molar-refractivity contribution in [2.24, 2.45) is 0 Å². The maximum atomic E-state index is 4.33. The lowest BCUT2D eigenvalue weighted by Crippen LogP contribution is -2.02. The molecule has 0 spiro atoms. The van der Waals surface area contributed by atoms with Crippen LogP contribution in [0.25, 0.3) is 0 Å². The molecule has 94 valence electrons. The summed E-state index contributed by atoms with van der Waals surface area (Å²) in [6.45, 7) is 6.30. The van der Waals surface area contributed by atoms with Gasteiger partial charge in [-0.15, -0.1) is 0 Å². The standard InChI is InChI=1S/C15H19N3/c1-4-12-6-8-13(9-7-12)18-15-14(5-2)11(3)16-10-17-15/h6-10H,4-5H2,1-3H3,(H,16,17,18). The summed E-state index contributed by atoms with van der Waals surface area (Å²) >= 11 is 0. The second kappa shape index (κ2) is 5.63. The average Bonchev–Trinajstić information content (AvgIpc) is 2.40. The van der Waals surface area contributed by atoms with Crippen molar-refractivity contribution >= 4 is 11.5 Å². The molecule has 0 fully saturated rings. The Morgan fingerprint density at radius 1 is 1.00 bits per heavy atom. The highest BCUT2D eigenvalue weighted by Gasteiger charge is 2.06. The summed E-state index contributed by atoms with van der Waals surface area (Å²) in [7, 11) is 0. The van der Waals surface area contributed by atoms with E-state index >= 15 is 0 Å². The number of anilines is 2. The van der Waals surface area contributed by atoms with Crippen LogP contribution >= 0.6 is 0 Å². The van der Waals surface area contributed by atoms with Crippen molar-refractivity contribution in [1.82, 2.24) is 9.97 Å². The van der Waals surface area contributed by atoms with Gasteiger partial charge in [-0.1, -0.05) is 26.0 Å². The zero-order valence-corrected chi connectivity index (χ0v) is 11.2. The van der Waals surface area contributed by atoms with E-state index < -0.39 is 0 Å². The van der Waals surface area contributed by atoms with Gasteiger partial charge in [0.2, 0.25) is 0 Å². The summed E-state index contributed by atoms with van der Waals surface area (Å²) in [5, 5.41) is 3.36. The second-order valence-electron chi connectivity index (χ2n) is 4.32. The Kier molecular flexibility index (Phi) is 3.92. The molecule has 1 N–H and O–H groups in total. The summed E-state index contributed by atoms with van der Waals surface area (Å²) in [5.41, 5.74) is 4.63. The molecule has 0 aliphatic carbocycles. The number of benzene rings is 1. The van der Waals surface area contributed by atoms with Crippen molar-refractivity contribution in [2.75, 3.05) is 5.32 Å². The van der Waals surface area contributed by atoms with E-state index in [9.17, 15) is 0 Å². The van der Waals surface area contributed by atoms with Crippen LogP contribution in [0.4, 0.5) is 11.5 Å². The van der Waals surface area contributed by atoms with E-state index in [-0.39, 0.29) is 0 Å². The molecule has 0 radical (unpaired) electrons. The third-order valence-electron chi connectivity index (χ3n) is 3.14. The Labute approximate surface area is 108 Å². The van der Waals surface area contributed by atoms with E-state index in [2.05, 4.69) is 53.4 Å². The summed E-state index contributed by atoms with van der Waals surface area (Å²) < 4.78 is 0. The van der Waals surface area contributed by atoms with Gasteiger partial charge in [0.05, 0.1) is 0 Å². The van der Waals surface area contributed by atoms with Gasteiger partial charge < -0.3 is 5.32 Å². The molecular formula is C15H19N3. The number of aromatic nitrogens is 2. The van der Waals surface area contributed by atoms with Crippen molar-refractivity contribution in [3.63, 3.8) is 0 Å². The van der Waals surface area contributed by atoms with Gasteiger partial charge in [0.25, 0.3) is 0 Å². The van der Waals surface area contributed by atoms with Gasteiger partial charge in [-0.05, 0) is 37.5 Å². The molecule has 1 aromatic heterocycles. The van der Waals surface area contributed by atoms with Crippen molar-refractivity contribution in [3.8, 4) is 0 Å². The van der Waals surface area contributed by atoms with E-state index in [4.69, 9.17) is 0 Å². The molecule has 0 atom stereocenters. The van der Waals surface area contributed by atoms with Crippen molar-refractivity contribution in [1.29, 1.82) is 0 Å². The quantitative estimate of drug-likeness (QED) is 0.887. The van der Waals surface area contributed by atoms with Crippen molar-refractivity contribution < 1.29 is 0 Å². The molecule has 0 bridgehead atoms. The summed E-state index contributed by atoms with van der Waals surface area (Å²) in [6, 6.07) is 8.47. The largest absolute Gasteiger partial charge is 0.340 e. The molecule has 18 heavy (non-hydrogen) atoms. The minimum absolute atomic E-state index is 0.911. The van der Waals surface area contributed by atoms with E-state index in [1.165, 1.54) is 11.1 Å². The van der Waals surface area contributed by atoms with Crippen LogP contribution in [-0.2, 0) is 12.8 Å². The van der Waals surface area contributed by atoms with E-state index in [0.29, 0.717) is 0 Å². The van der Waals surface area contributed by atoms with E-state index in [1.54, 1.807) is 6.33 Å². The molecule has 2 rings (SSSR count). The fraction of sp³-hybridized carbons (Fsp3) is 0.333. The van der Waals surface area contributed by atoms with Gasteiger partial charge in [0.1, 0.15) is 12.1 Å². The lowest BCUT2D eigenvalue weighted by atomic mass is 10.1. The predicted molar refractivity (Wildman–Crippen MR) is 75.2 cm³/mol. The monoisotopic (exact) mass is 241 g/mol. The van der Waals surface area contributed by atoms with Gasteiger partial charge in [0.15, 0.2) is 0 Å². The summed E-state index contributed by atoms with van der Waals surface area (Å²) in [4.78, 5) is 8.55. The molecule has 0 aliphatic rings. The van der Waals surface area contributed by atoms with Gasteiger partial charge in [0, 0.05) is 16.9 Å². The van der Waals surface area contributed by atoms with Crippen LogP contribution in [0.2, 0.25) is 0 Å². The first-order chi connectivity index (χ1) is 8.74. The minimum atomic E-state index is 0.911. The average molecular weight is 241 g/mol. The fourth-order valence-electron chi connectivity index (χ4n) is 1.99. The third kappa shape index (κ3) is 2.67. The first-order valence-electron chi connectivity index (χ1n) is 6.41. The molecular weight excluding hydrogens is 222 g/mol. The number of hydrogen-bond donors (Lipinski definition) is 1. The number of nitrogens with zero attached hydrogens (tertiary/aromatic N) is 2. The van der Waals surface area contributed by atoms with Crippen LogP contribution in [0, 0.1) is 6.92 Å². The van der Waals surface area contributed by atoms with Crippen LogP contribution in [0.3, 0.4) is 0 Å². The van der Waals surface area contributed by atoms with E-state index in [0.717, 1.165) is 30.0 Å². The smallest absolute Gasteiger partial charge is 0.137 e. The Balaban J connectivity index is 2.25. The molecule has 0 saturated carbocycles. The Morgan fingerprint density at radius 2 is 1.72 bits per heavy atom. The Morgan fingerprint density at radius 3 is 2.33 bits per heavy atom. The summed E-state index contributed by atoms with van der Waals surface area (Å²) in [6.07, 6.45) is 3.60. The first kappa shape index (κ1) is 12.6. The highest BCUT2D eigenvalue weighted by Crippen LogP contribution is 2.20. The van der Waals surface area contributed by atoms with Gasteiger partial charge in [-0.3, -0.25) is 0 Å². The predicted octanol–water partition coefficient (Wildman–Crippen LogP) is 3.65. The molecule has 2 aromatic rings. The Hall–Kier alpha value is -1.90. The molecule has 0 unspecified atom stereocenters. The zero-order chi connectivity index (χ0) is 13.0. The Bertz CT molecular complexity index is 518. The van der Waals surface area contributed by atoms with Crippen LogP contribution < -0.4 is 5.32 Å². The van der Waals surface area contributed by atoms with Crippen LogP contribution in [-0.4, -0.2) is 9.97 Å². The van der Waals surface area contributed by atoms with Gasteiger partial charge in [-0.25, -0.2) is 9.97 Å². The summed E-state index contributed by atoms with van der Waals surface area (Å²) in [5.74, 6) is 0.911. The maximum absolute atomic E-state index is 4.33. The van der Waals surface area contributed by atoms with Crippen LogP contribution in [0.15, 0.2) is 30.6 Å². The van der Waals surface area contributed by atoms with Crippen molar-refractivity contribution in [3.05, 3.63) is 47.4 Å². The lowest BCUT2D eigenvalue weighted by Gasteiger charge is -2.11. The molecule has 1 heterocycles. The fourth-order valence-corrected chi connectivity index (χ4v) is 1.99. The maximum Gasteiger partial charge on any atom is 0.137 e. The third-order valence-corrected chi connectivity index (χ3v) is 3.14.